The van der Waals surface area contributed by atoms with E-state index in [9.17, 15) is 9.59 Å². The third-order valence-electron chi connectivity index (χ3n) is 4.21. The molecule has 2 N–H and O–H groups in total. The fourth-order valence-electron chi connectivity index (χ4n) is 2.59. The van der Waals surface area contributed by atoms with E-state index >= 15 is 0 Å². The van der Waals surface area contributed by atoms with Gasteiger partial charge in [0.25, 0.3) is 11.8 Å². The molecule has 0 aliphatic heterocycles. The monoisotopic (exact) mass is 440 g/mol. The quantitative estimate of drug-likeness (QED) is 0.534. The van der Waals surface area contributed by atoms with Gasteiger partial charge < -0.3 is 15.1 Å². The molecule has 0 bridgehead atoms. The van der Waals surface area contributed by atoms with E-state index in [0.29, 0.717) is 21.6 Å². The van der Waals surface area contributed by atoms with Crippen LogP contribution in [0.25, 0.3) is 0 Å². The summed E-state index contributed by atoms with van der Waals surface area (Å²) in [6, 6.07) is 17.7. The minimum absolute atomic E-state index is 0.0427. The molecule has 0 saturated heterocycles. The van der Waals surface area contributed by atoms with Crippen LogP contribution in [0.4, 0.5) is 11.4 Å². The molecule has 0 saturated carbocycles. The summed E-state index contributed by atoms with van der Waals surface area (Å²) in [5, 5.41) is 5.59. The topological polar surface area (TPSA) is 71.3 Å². The van der Waals surface area contributed by atoms with E-state index in [1.165, 1.54) is 5.56 Å². The fourth-order valence-corrected chi connectivity index (χ4v) is 2.90. The molecule has 0 fully saturated rings. The molecule has 0 unspecified atom stereocenters. The summed E-state index contributed by atoms with van der Waals surface area (Å²) in [4.78, 5) is 24.5. The van der Waals surface area contributed by atoms with E-state index in [1.807, 2.05) is 24.3 Å². The minimum Gasteiger partial charge on any atom is -0.444 e. The van der Waals surface area contributed by atoms with Crippen molar-refractivity contribution in [3.63, 3.8) is 0 Å². The van der Waals surface area contributed by atoms with Gasteiger partial charge >= 0.3 is 0 Å². The number of hydrogen-bond donors (Lipinski definition) is 2. The van der Waals surface area contributed by atoms with Gasteiger partial charge in [-0.15, -0.1) is 0 Å². The molecule has 1 heterocycles. The van der Waals surface area contributed by atoms with Crippen LogP contribution in [0.3, 0.4) is 0 Å². The molecule has 3 rings (SSSR count). The standard InChI is InChI=1S/C22H21BrN2O3/c1-22(2,3)15-6-4-14(5-7-15)20(26)24-16-8-10-17(11-9-16)25-21(27)18-12-13-19(23)28-18/h4-13H,1-3H3,(H,24,26)(H,25,27). The molecule has 144 valence electrons. The lowest BCUT2D eigenvalue weighted by atomic mass is 9.87. The van der Waals surface area contributed by atoms with Gasteiger partial charge in [-0.25, -0.2) is 0 Å². The number of nitrogens with one attached hydrogen (secondary N) is 2. The molecule has 1 aromatic heterocycles. The summed E-state index contributed by atoms with van der Waals surface area (Å²) in [7, 11) is 0. The van der Waals surface area contributed by atoms with Crippen molar-refractivity contribution in [2.75, 3.05) is 10.6 Å². The minimum atomic E-state index is -0.346. The maximum absolute atomic E-state index is 12.4. The summed E-state index contributed by atoms with van der Waals surface area (Å²) < 4.78 is 5.71. The molecule has 0 atom stereocenters. The number of hydrogen-bond acceptors (Lipinski definition) is 3. The van der Waals surface area contributed by atoms with Crippen LogP contribution in [-0.2, 0) is 5.41 Å². The molecule has 0 aliphatic carbocycles. The number of carbonyl (C=O) groups is 2. The summed E-state index contributed by atoms with van der Waals surface area (Å²) in [6.45, 7) is 6.40. The highest BCUT2D eigenvalue weighted by molar-refractivity contribution is 9.10. The van der Waals surface area contributed by atoms with Gasteiger partial charge in [0.05, 0.1) is 0 Å². The van der Waals surface area contributed by atoms with E-state index in [-0.39, 0.29) is 23.0 Å². The molecular weight excluding hydrogens is 420 g/mol. The highest BCUT2D eigenvalue weighted by Crippen LogP contribution is 2.23. The van der Waals surface area contributed by atoms with Crippen LogP contribution in [0.1, 0.15) is 47.2 Å². The first-order valence-corrected chi connectivity index (χ1v) is 9.60. The van der Waals surface area contributed by atoms with Crippen molar-refractivity contribution in [2.45, 2.75) is 26.2 Å². The number of rotatable bonds is 4. The van der Waals surface area contributed by atoms with Crippen LogP contribution in [-0.4, -0.2) is 11.8 Å². The molecule has 2 amide bonds. The Kier molecular flexibility index (Phi) is 5.70. The van der Waals surface area contributed by atoms with Crippen LogP contribution < -0.4 is 10.6 Å². The highest BCUT2D eigenvalue weighted by atomic mass is 79.9. The SMILES string of the molecule is CC(C)(C)c1ccc(C(=O)Nc2ccc(NC(=O)c3ccc(Br)o3)cc2)cc1. The summed E-state index contributed by atoms with van der Waals surface area (Å²) in [5.74, 6) is -0.318. The second-order valence-electron chi connectivity index (χ2n) is 7.42. The van der Waals surface area contributed by atoms with Crippen molar-refractivity contribution in [2.24, 2.45) is 0 Å². The number of halogens is 1. The maximum Gasteiger partial charge on any atom is 0.291 e. The molecule has 0 aliphatic rings. The van der Waals surface area contributed by atoms with Gasteiger partial charge in [-0.1, -0.05) is 32.9 Å². The van der Waals surface area contributed by atoms with Gasteiger partial charge in [-0.3, -0.25) is 9.59 Å². The second-order valence-corrected chi connectivity index (χ2v) is 8.20. The zero-order valence-electron chi connectivity index (χ0n) is 15.9. The number of furan rings is 1. The van der Waals surface area contributed by atoms with Crippen molar-refractivity contribution < 1.29 is 14.0 Å². The van der Waals surface area contributed by atoms with E-state index in [1.54, 1.807) is 36.4 Å². The Morgan fingerprint density at radius 1 is 0.786 bits per heavy atom. The van der Waals surface area contributed by atoms with Crippen molar-refractivity contribution >= 4 is 39.1 Å². The normalized spacial score (nSPS) is 11.1. The lowest BCUT2D eigenvalue weighted by molar-refractivity contribution is 0.0993. The largest absolute Gasteiger partial charge is 0.444 e. The molecule has 28 heavy (non-hydrogen) atoms. The summed E-state index contributed by atoms with van der Waals surface area (Å²) in [5.41, 5.74) is 3.05. The molecular formula is C22H21BrN2O3. The van der Waals surface area contributed by atoms with Gasteiger partial charge in [0.2, 0.25) is 0 Å². The first-order chi connectivity index (χ1) is 13.2. The Morgan fingerprint density at radius 3 is 1.79 bits per heavy atom. The lowest BCUT2D eigenvalue weighted by Crippen LogP contribution is -2.14. The molecule has 2 aromatic carbocycles. The van der Waals surface area contributed by atoms with E-state index < -0.39 is 0 Å². The maximum atomic E-state index is 12.4. The van der Waals surface area contributed by atoms with Crippen LogP contribution >= 0.6 is 15.9 Å². The Morgan fingerprint density at radius 2 is 1.32 bits per heavy atom. The second kappa shape index (κ2) is 8.02. The van der Waals surface area contributed by atoms with Crippen LogP contribution in [0.2, 0.25) is 0 Å². The van der Waals surface area contributed by atoms with Gasteiger partial charge in [-0.2, -0.15) is 0 Å². The molecule has 5 nitrogen and oxygen atoms in total. The molecule has 3 aromatic rings. The summed E-state index contributed by atoms with van der Waals surface area (Å²) >= 11 is 3.16. The zero-order chi connectivity index (χ0) is 20.3. The third kappa shape index (κ3) is 4.89. The highest BCUT2D eigenvalue weighted by Gasteiger charge is 2.14. The Bertz CT molecular complexity index is 984. The average molecular weight is 441 g/mol. The van der Waals surface area contributed by atoms with Crippen molar-refractivity contribution in [3.8, 4) is 0 Å². The van der Waals surface area contributed by atoms with Crippen molar-refractivity contribution in [1.29, 1.82) is 0 Å². The van der Waals surface area contributed by atoms with Gasteiger partial charge in [0.15, 0.2) is 10.4 Å². The van der Waals surface area contributed by atoms with Crippen molar-refractivity contribution in [1.82, 2.24) is 0 Å². The number of carbonyl (C=O) groups excluding carboxylic acids is 2. The smallest absolute Gasteiger partial charge is 0.291 e. The number of benzene rings is 2. The van der Waals surface area contributed by atoms with Crippen molar-refractivity contribution in [3.05, 3.63) is 82.2 Å². The van der Waals surface area contributed by atoms with E-state index in [2.05, 4.69) is 47.3 Å². The third-order valence-corrected chi connectivity index (χ3v) is 4.64. The Hall–Kier alpha value is -2.86. The number of anilines is 2. The first kappa shape index (κ1) is 19.9. The molecule has 0 radical (unpaired) electrons. The predicted molar refractivity (Wildman–Crippen MR) is 114 cm³/mol. The summed E-state index contributed by atoms with van der Waals surface area (Å²) in [6.07, 6.45) is 0. The molecule has 6 heteroatoms. The fraction of sp³-hybridized carbons (Fsp3) is 0.182. The average Bonchev–Trinajstić information content (AvgIpc) is 3.09. The predicted octanol–water partition coefficient (Wildman–Crippen LogP) is 5.84. The van der Waals surface area contributed by atoms with Gasteiger partial charge in [-0.05, 0) is 75.4 Å². The van der Waals surface area contributed by atoms with Crippen LogP contribution in [0.15, 0.2) is 69.8 Å². The Balaban J connectivity index is 1.62. The van der Waals surface area contributed by atoms with Gasteiger partial charge in [0.1, 0.15) is 0 Å². The van der Waals surface area contributed by atoms with Crippen LogP contribution in [0.5, 0.6) is 0 Å². The Labute approximate surface area is 172 Å². The van der Waals surface area contributed by atoms with E-state index in [4.69, 9.17) is 4.42 Å². The lowest BCUT2D eigenvalue weighted by Gasteiger charge is -2.19. The number of amides is 2. The van der Waals surface area contributed by atoms with E-state index in [0.717, 1.165) is 0 Å². The molecule has 0 spiro atoms. The first-order valence-electron chi connectivity index (χ1n) is 8.81. The van der Waals surface area contributed by atoms with Crippen LogP contribution in [0, 0.1) is 0 Å². The zero-order valence-corrected chi connectivity index (χ0v) is 17.5. The van der Waals surface area contributed by atoms with Gasteiger partial charge in [0, 0.05) is 16.9 Å².